The van der Waals surface area contributed by atoms with E-state index in [0.29, 0.717) is 11.1 Å². The van der Waals surface area contributed by atoms with Crippen LogP contribution in [-0.4, -0.2) is 16.6 Å². The molecule has 0 radical (unpaired) electrons. The van der Waals surface area contributed by atoms with Crippen LogP contribution in [0.25, 0.3) is 0 Å². The van der Waals surface area contributed by atoms with E-state index < -0.39 is 0 Å². The molecule has 0 saturated heterocycles. The van der Waals surface area contributed by atoms with Crippen LogP contribution in [0.2, 0.25) is 0 Å². The summed E-state index contributed by atoms with van der Waals surface area (Å²) in [5, 5.41) is 2.27. The standard InChI is InChI=1S/C7H6BrNO2/c8-4-2-1-3-5(4)7(11)9-6(3)10/h4H,1-2H2,(H,9,10,11). The van der Waals surface area contributed by atoms with Crippen molar-refractivity contribution in [2.75, 3.05) is 0 Å². The van der Waals surface area contributed by atoms with Gasteiger partial charge in [0.1, 0.15) is 0 Å². The van der Waals surface area contributed by atoms with Crippen molar-refractivity contribution in [3.63, 3.8) is 0 Å². The van der Waals surface area contributed by atoms with Gasteiger partial charge in [-0.05, 0) is 12.8 Å². The third kappa shape index (κ3) is 0.854. The maximum atomic E-state index is 11.1. The van der Waals surface area contributed by atoms with Crippen molar-refractivity contribution in [3.05, 3.63) is 11.1 Å². The van der Waals surface area contributed by atoms with Gasteiger partial charge in [-0.15, -0.1) is 0 Å². The van der Waals surface area contributed by atoms with E-state index in [9.17, 15) is 9.59 Å². The molecular formula is C7H6BrNO2. The molecule has 0 spiro atoms. The largest absolute Gasteiger partial charge is 0.289 e. The van der Waals surface area contributed by atoms with Crippen LogP contribution in [0.15, 0.2) is 11.1 Å². The predicted octanol–water partition coefficient (Wildman–Crippen LogP) is 0.497. The average molecular weight is 216 g/mol. The molecule has 0 aromatic rings. The van der Waals surface area contributed by atoms with Crippen LogP contribution >= 0.6 is 15.9 Å². The maximum Gasteiger partial charge on any atom is 0.255 e. The van der Waals surface area contributed by atoms with Crippen LogP contribution in [0.1, 0.15) is 12.8 Å². The summed E-state index contributed by atoms with van der Waals surface area (Å²) in [5.41, 5.74) is 1.33. The Kier molecular flexibility index (Phi) is 1.39. The van der Waals surface area contributed by atoms with Gasteiger partial charge in [0.05, 0.1) is 0 Å². The number of carbonyl (C=O) groups excluding carboxylic acids is 2. The third-order valence-electron chi connectivity index (χ3n) is 2.03. The van der Waals surface area contributed by atoms with Crippen molar-refractivity contribution in [1.29, 1.82) is 0 Å². The minimum Gasteiger partial charge on any atom is -0.289 e. The summed E-state index contributed by atoms with van der Waals surface area (Å²) in [6.07, 6.45) is 1.59. The fraction of sp³-hybridized carbons (Fsp3) is 0.429. The molecule has 1 heterocycles. The molecule has 11 heavy (non-hydrogen) atoms. The summed E-state index contributed by atoms with van der Waals surface area (Å²) in [4.78, 5) is 22.1. The van der Waals surface area contributed by atoms with Crippen molar-refractivity contribution in [3.8, 4) is 0 Å². The lowest BCUT2D eigenvalue weighted by atomic mass is 10.2. The predicted molar refractivity (Wildman–Crippen MR) is 42.1 cm³/mol. The molecule has 1 unspecified atom stereocenters. The highest BCUT2D eigenvalue weighted by molar-refractivity contribution is 9.09. The van der Waals surface area contributed by atoms with Gasteiger partial charge >= 0.3 is 0 Å². The molecule has 1 aliphatic carbocycles. The number of nitrogens with one attached hydrogen (secondary N) is 1. The molecule has 0 bridgehead atoms. The average Bonchev–Trinajstić information content (AvgIpc) is 2.41. The number of hydrogen-bond donors (Lipinski definition) is 1. The molecule has 0 aromatic heterocycles. The van der Waals surface area contributed by atoms with Crippen LogP contribution in [0.4, 0.5) is 0 Å². The number of imide groups is 1. The fourth-order valence-electron chi connectivity index (χ4n) is 1.50. The van der Waals surface area contributed by atoms with E-state index in [1.807, 2.05) is 0 Å². The molecule has 2 rings (SSSR count). The minimum atomic E-state index is -0.218. The third-order valence-corrected chi connectivity index (χ3v) is 2.95. The number of rotatable bonds is 0. The second-order valence-electron chi connectivity index (χ2n) is 2.68. The Balaban J connectivity index is 2.46. The molecule has 0 aromatic carbocycles. The van der Waals surface area contributed by atoms with Crippen molar-refractivity contribution in [2.24, 2.45) is 0 Å². The summed E-state index contributed by atoms with van der Waals surface area (Å²) in [5.74, 6) is -0.420. The molecule has 1 atom stereocenters. The zero-order chi connectivity index (χ0) is 8.01. The van der Waals surface area contributed by atoms with E-state index in [4.69, 9.17) is 0 Å². The quantitative estimate of drug-likeness (QED) is 0.473. The van der Waals surface area contributed by atoms with Gasteiger partial charge in [-0.2, -0.15) is 0 Å². The highest BCUT2D eigenvalue weighted by Crippen LogP contribution is 2.34. The molecule has 1 N–H and O–H groups in total. The van der Waals surface area contributed by atoms with E-state index in [-0.39, 0.29) is 16.6 Å². The molecule has 2 aliphatic rings. The lowest BCUT2D eigenvalue weighted by Crippen LogP contribution is -2.26. The molecule has 0 saturated carbocycles. The molecule has 3 nitrogen and oxygen atoms in total. The maximum absolute atomic E-state index is 11.1. The Bertz CT molecular complexity index is 282. The number of hydrogen-bond acceptors (Lipinski definition) is 2. The second-order valence-corrected chi connectivity index (χ2v) is 3.79. The summed E-state index contributed by atoms with van der Waals surface area (Å²) in [6, 6.07) is 0. The zero-order valence-corrected chi connectivity index (χ0v) is 7.27. The van der Waals surface area contributed by atoms with E-state index in [1.54, 1.807) is 0 Å². The number of halogens is 1. The fourth-order valence-corrected chi connectivity index (χ4v) is 2.21. The summed E-state index contributed by atoms with van der Waals surface area (Å²) >= 11 is 3.34. The van der Waals surface area contributed by atoms with Gasteiger partial charge in [0, 0.05) is 16.0 Å². The first kappa shape index (κ1) is 7.03. The van der Waals surface area contributed by atoms with Crippen molar-refractivity contribution >= 4 is 27.7 Å². The van der Waals surface area contributed by atoms with Gasteiger partial charge in [-0.3, -0.25) is 14.9 Å². The van der Waals surface area contributed by atoms with E-state index in [2.05, 4.69) is 21.2 Å². The summed E-state index contributed by atoms with van der Waals surface area (Å²) in [6.45, 7) is 0. The molecule has 58 valence electrons. The van der Waals surface area contributed by atoms with Gasteiger partial charge in [0.25, 0.3) is 11.8 Å². The van der Waals surface area contributed by atoms with Crippen molar-refractivity contribution in [2.45, 2.75) is 17.7 Å². The first-order valence-corrected chi connectivity index (χ1v) is 4.34. The SMILES string of the molecule is O=C1NC(=O)C2=C1CCC2Br. The molecule has 2 amide bonds. The van der Waals surface area contributed by atoms with Crippen molar-refractivity contribution < 1.29 is 9.59 Å². The topological polar surface area (TPSA) is 46.2 Å². The van der Waals surface area contributed by atoms with Crippen molar-refractivity contribution in [1.82, 2.24) is 5.32 Å². The summed E-state index contributed by atoms with van der Waals surface area (Å²) < 4.78 is 0. The second kappa shape index (κ2) is 2.17. The smallest absolute Gasteiger partial charge is 0.255 e. The Hall–Kier alpha value is -0.640. The zero-order valence-electron chi connectivity index (χ0n) is 5.69. The van der Waals surface area contributed by atoms with Gasteiger partial charge in [-0.25, -0.2) is 0 Å². The van der Waals surface area contributed by atoms with Gasteiger partial charge in [0.2, 0.25) is 0 Å². The Morgan fingerprint density at radius 1 is 1.36 bits per heavy atom. The molecule has 4 heteroatoms. The highest BCUT2D eigenvalue weighted by atomic mass is 79.9. The summed E-state index contributed by atoms with van der Waals surface area (Å²) in [7, 11) is 0. The molecule has 1 aliphatic heterocycles. The minimum absolute atomic E-state index is 0.0870. The lowest BCUT2D eigenvalue weighted by molar-refractivity contribution is -0.124. The van der Waals surface area contributed by atoms with E-state index in [0.717, 1.165) is 12.8 Å². The normalized spacial score (nSPS) is 29.4. The first-order valence-electron chi connectivity index (χ1n) is 3.43. The van der Waals surface area contributed by atoms with Gasteiger partial charge < -0.3 is 0 Å². The highest BCUT2D eigenvalue weighted by Gasteiger charge is 2.38. The van der Waals surface area contributed by atoms with Gasteiger partial charge in [0.15, 0.2) is 0 Å². The monoisotopic (exact) mass is 215 g/mol. The Morgan fingerprint density at radius 2 is 2.09 bits per heavy atom. The van der Waals surface area contributed by atoms with Crippen LogP contribution < -0.4 is 5.32 Å². The van der Waals surface area contributed by atoms with Crippen LogP contribution in [-0.2, 0) is 9.59 Å². The first-order chi connectivity index (χ1) is 5.20. The molecular weight excluding hydrogens is 210 g/mol. The van der Waals surface area contributed by atoms with E-state index in [1.165, 1.54) is 0 Å². The molecule has 0 fully saturated rings. The van der Waals surface area contributed by atoms with Gasteiger partial charge in [-0.1, -0.05) is 15.9 Å². The number of alkyl halides is 1. The van der Waals surface area contributed by atoms with Crippen LogP contribution in [0.3, 0.4) is 0 Å². The van der Waals surface area contributed by atoms with E-state index >= 15 is 0 Å². The van der Waals surface area contributed by atoms with Crippen LogP contribution in [0.5, 0.6) is 0 Å². The Labute approximate surface area is 72.0 Å². The Morgan fingerprint density at radius 3 is 2.73 bits per heavy atom. The number of carbonyl (C=O) groups is 2. The number of amides is 2. The van der Waals surface area contributed by atoms with Crippen LogP contribution in [0, 0.1) is 0 Å². The lowest BCUT2D eigenvalue weighted by Gasteiger charge is -2.01.